The van der Waals surface area contributed by atoms with E-state index in [0.717, 1.165) is 9.21 Å². The molecule has 0 aliphatic rings. The molecule has 1 atom stereocenters. The quantitative estimate of drug-likeness (QED) is 0.907. The van der Waals surface area contributed by atoms with Crippen LogP contribution in [0, 0.1) is 11.3 Å². The number of nitrogens with zero attached hydrogens (tertiary/aromatic N) is 2. The van der Waals surface area contributed by atoms with E-state index >= 15 is 0 Å². The summed E-state index contributed by atoms with van der Waals surface area (Å²) in [7, 11) is 1.90. The lowest BCUT2D eigenvalue weighted by Crippen LogP contribution is -2.39. The van der Waals surface area contributed by atoms with E-state index in [0.29, 0.717) is 17.8 Å². The normalized spacial score (nSPS) is 12.0. The minimum atomic E-state index is -0.281. The minimum Gasteiger partial charge on any atom is -0.325 e. The molecule has 2 aromatic rings. The van der Waals surface area contributed by atoms with Gasteiger partial charge in [0.25, 0.3) is 0 Å². The number of amides is 1. The molecule has 1 amide bonds. The molecule has 1 N–H and O–H groups in total. The molecule has 1 aromatic carbocycles. The van der Waals surface area contributed by atoms with Crippen molar-refractivity contribution in [1.29, 1.82) is 5.26 Å². The van der Waals surface area contributed by atoms with Crippen LogP contribution in [0.1, 0.15) is 17.4 Å². The highest BCUT2D eigenvalue weighted by atomic mass is 35.5. The van der Waals surface area contributed by atoms with Crippen molar-refractivity contribution < 1.29 is 4.79 Å². The zero-order valence-corrected chi connectivity index (χ0v) is 13.9. The largest absolute Gasteiger partial charge is 0.325 e. The average molecular weight is 334 g/mol. The molecule has 1 heterocycles. The molecule has 0 spiro atoms. The van der Waals surface area contributed by atoms with Gasteiger partial charge in [0.05, 0.1) is 22.0 Å². The van der Waals surface area contributed by atoms with Crippen molar-refractivity contribution in [3.05, 3.63) is 51.2 Å². The highest BCUT2D eigenvalue weighted by molar-refractivity contribution is 7.16. The Bertz CT molecular complexity index is 690. The summed E-state index contributed by atoms with van der Waals surface area (Å²) in [6, 6.07) is 12.4. The van der Waals surface area contributed by atoms with Crippen LogP contribution in [0.25, 0.3) is 0 Å². The Morgan fingerprint density at radius 1 is 1.36 bits per heavy atom. The molecule has 114 valence electrons. The van der Waals surface area contributed by atoms with Crippen LogP contribution >= 0.6 is 22.9 Å². The predicted octanol–water partition coefficient (Wildman–Crippen LogP) is 3.73. The number of hydrogen-bond acceptors (Lipinski definition) is 4. The van der Waals surface area contributed by atoms with Crippen molar-refractivity contribution in [3.63, 3.8) is 0 Å². The fourth-order valence-electron chi connectivity index (χ4n) is 1.89. The molecule has 4 nitrogen and oxygen atoms in total. The van der Waals surface area contributed by atoms with Crippen molar-refractivity contribution in [2.24, 2.45) is 0 Å². The third-order valence-electron chi connectivity index (χ3n) is 3.36. The van der Waals surface area contributed by atoms with Gasteiger partial charge in [0.1, 0.15) is 0 Å². The summed E-state index contributed by atoms with van der Waals surface area (Å²) in [6.45, 7) is 2.52. The van der Waals surface area contributed by atoms with Gasteiger partial charge in [-0.2, -0.15) is 5.26 Å². The number of likely N-dealkylation sites (N-methyl/N-ethyl adjacent to an activating group) is 1. The first-order valence-corrected chi connectivity index (χ1v) is 7.94. The molecule has 0 fully saturated rings. The maximum absolute atomic E-state index is 12.3. The number of thiophene rings is 1. The highest BCUT2D eigenvalue weighted by Crippen LogP contribution is 2.23. The molecule has 0 aliphatic heterocycles. The van der Waals surface area contributed by atoms with Gasteiger partial charge in [-0.15, -0.1) is 11.3 Å². The third-order valence-corrected chi connectivity index (χ3v) is 4.57. The third kappa shape index (κ3) is 4.31. The van der Waals surface area contributed by atoms with E-state index in [4.69, 9.17) is 16.9 Å². The first-order chi connectivity index (χ1) is 10.5. The monoisotopic (exact) mass is 333 g/mol. The van der Waals surface area contributed by atoms with Crippen molar-refractivity contribution in [1.82, 2.24) is 4.90 Å². The number of rotatable bonds is 5. The second kappa shape index (κ2) is 7.41. The van der Waals surface area contributed by atoms with E-state index in [-0.39, 0.29) is 11.9 Å². The molecule has 0 saturated carbocycles. The molecule has 0 bridgehead atoms. The molecule has 0 unspecified atom stereocenters. The number of nitriles is 1. The lowest BCUT2D eigenvalue weighted by molar-refractivity contribution is -0.120. The first kappa shape index (κ1) is 16.5. The Morgan fingerprint density at radius 2 is 2.05 bits per heavy atom. The van der Waals surface area contributed by atoms with E-state index in [9.17, 15) is 4.79 Å². The van der Waals surface area contributed by atoms with Crippen LogP contribution in [0.15, 0.2) is 36.4 Å². The topological polar surface area (TPSA) is 56.1 Å². The van der Waals surface area contributed by atoms with E-state index in [1.165, 1.54) is 11.3 Å². The smallest absolute Gasteiger partial charge is 0.241 e. The molecule has 22 heavy (non-hydrogen) atoms. The minimum absolute atomic E-state index is 0.0881. The Balaban J connectivity index is 1.94. The van der Waals surface area contributed by atoms with Crippen LogP contribution in [-0.2, 0) is 11.3 Å². The maximum Gasteiger partial charge on any atom is 0.241 e. The number of anilines is 1. The standard InChI is InChI=1S/C16H16ClN3OS/c1-11(20(2)10-14-7-8-15(17)22-14)16(21)19-13-5-3-12(9-18)4-6-13/h3-8,11H,10H2,1-2H3,(H,19,21)/t11-/m1/s1. The summed E-state index contributed by atoms with van der Waals surface area (Å²) in [5.74, 6) is -0.0881. The average Bonchev–Trinajstić information content (AvgIpc) is 2.92. The van der Waals surface area contributed by atoms with Gasteiger partial charge >= 0.3 is 0 Å². The number of carbonyl (C=O) groups is 1. The zero-order valence-electron chi connectivity index (χ0n) is 12.3. The molecule has 2 rings (SSSR count). The highest BCUT2D eigenvalue weighted by Gasteiger charge is 2.18. The Morgan fingerprint density at radius 3 is 2.59 bits per heavy atom. The molecule has 1 aromatic heterocycles. The Hall–Kier alpha value is -1.87. The van der Waals surface area contributed by atoms with Gasteiger partial charge in [-0.1, -0.05) is 11.6 Å². The van der Waals surface area contributed by atoms with Crippen LogP contribution in [0.5, 0.6) is 0 Å². The molecular formula is C16H16ClN3OS. The second-order valence-electron chi connectivity index (χ2n) is 4.98. The van der Waals surface area contributed by atoms with E-state index in [2.05, 4.69) is 5.32 Å². The summed E-state index contributed by atoms with van der Waals surface area (Å²) in [6.07, 6.45) is 0. The van der Waals surface area contributed by atoms with Crippen LogP contribution in [0.2, 0.25) is 4.34 Å². The van der Waals surface area contributed by atoms with Crippen LogP contribution in [0.3, 0.4) is 0 Å². The summed E-state index contributed by atoms with van der Waals surface area (Å²) < 4.78 is 0.748. The maximum atomic E-state index is 12.3. The lowest BCUT2D eigenvalue weighted by Gasteiger charge is -2.23. The van der Waals surface area contributed by atoms with E-state index in [1.54, 1.807) is 24.3 Å². The number of halogens is 1. The van der Waals surface area contributed by atoms with Crippen molar-refractivity contribution in [3.8, 4) is 6.07 Å². The summed E-state index contributed by atoms with van der Waals surface area (Å²) in [4.78, 5) is 15.3. The van der Waals surface area contributed by atoms with Gasteiger partial charge in [-0.05, 0) is 50.4 Å². The van der Waals surface area contributed by atoms with Crippen LogP contribution in [-0.4, -0.2) is 23.9 Å². The summed E-state index contributed by atoms with van der Waals surface area (Å²) in [5.41, 5.74) is 1.25. The Kier molecular flexibility index (Phi) is 5.56. The number of benzene rings is 1. The number of carbonyl (C=O) groups excluding carboxylic acids is 1. The summed E-state index contributed by atoms with van der Waals surface area (Å²) in [5, 5.41) is 11.6. The van der Waals surface area contributed by atoms with Crippen molar-refractivity contribution in [2.45, 2.75) is 19.5 Å². The first-order valence-electron chi connectivity index (χ1n) is 6.75. The van der Waals surface area contributed by atoms with Crippen molar-refractivity contribution >= 4 is 34.5 Å². The van der Waals surface area contributed by atoms with Gasteiger partial charge in [0.2, 0.25) is 5.91 Å². The van der Waals surface area contributed by atoms with Crippen LogP contribution < -0.4 is 5.32 Å². The molecule has 0 saturated heterocycles. The van der Waals surface area contributed by atoms with Crippen LogP contribution in [0.4, 0.5) is 5.69 Å². The molecule has 6 heteroatoms. The van der Waals surface area contributed by atoms with Gasteiger partial charge in [0.15, 0.2) is 0 Å². The molecule has 0 radical (unpaired) electrons. The number of nitrogens with one attached hydrogen (secondary N) is 1. The van der Waals surface area contributed by atoms with Gasteiger partial charge in [0, 0.05) is 17.1 Å². The molecule has 0 aliphatic carbocycles. The fourth-order valence-corrected chi connectivity index (χ4v) is 3.05. The predicted molar refractivity (Wildman–Crippen MR) is 90.0 cm³/mol. The van der Waals surface area contributed by atoms with Gasteiger partial charge in [-0.25, -0.2) is 0 Å². The van der Waals surface area contributed by atoms with E-state index < -0.39 is 0 Å². The SMILES string of the molecule is C[C@H](C(=O)Nc1ccc(C#N)cc1)N(C)Cc1ccc(Cl)s1. The lowest BCUT2D eigenvalue weighted by atomic mass is 10.2. The molecular weight excluding hydrogens is 318 g/mol. The van der Waals surface area contributed by atoms with Gasteiger partial charge < -0.3 is 5.32 Å². The van der Waals surface area contributed by atoms with E-state index in [1.807, 2.05) is 37.1 Å². The second-order valence-corrected chi connectivity index (χ2v) is 6.77. The summed E-state index contributed by atoms with van der Waals surface area (Å²) >= 11 is 7.43. The van der Waals surface area contributed by atoms with Crippen molar-refractivity contribution in [2.75, 3.05) is 12.4 Å². The fraction of sp³-hybridized carbons (Fsp3) is 0.250. The van der Waals surface area contributed by atoms with Gasteiger partial charge in [-0.3, -0.25) is 9.69 Å². The number of hydrogen-bond donors (Lipinski definition) is 1. The Labute approximate surface area is 138 Å². The zero-order chi connectivity index (χ0) is 16.1.